The number of nitrogens with zero attached hydrogens (tertiary/aromatic N) is 3. The van der Waals surface area contributed by atoms with Crippen LogP contribution in [0, 0.1) is 0 Å². The first kappa shape index (κ1) is 29.0. The maximum atomic E-state index is 5.16. The molecule has 0 spiro atoms. The van der Waals surface area contributed by atoms with Gasteiger partial charge in [-0.3, -0.25) is 0 Å². The maximum Gasteiger partial charge on any atom is 0.165 e. The van der Waals surface area contributed by atoms with Crippen LogP contribution in [0.4, 0.5) is 0 Å². The summed E-state index contributed by atoms with van der Waals surface area (Å²) in [6.07, 6.45) is 0. The lowest BCUT2D eigenvalue weighted by atomic mass is 9.92. The van der Waals surface area contributed by atoms with Crippen molar-refractivity contribution in [2.75, 3.05) is 0 Å². The van der Waals surface area contributed by atoms with Gasteiger partial charge in [-0.25, -0.2) is 15.0 Å². The molecule has 3 nitrogen and oxygen atoms in total. The van der Waals surface area contributed by atoms with Crippen molar-refractivity contribution in [2.24, 2.45) is 0 Å². The summed E-state index contributed by atoms with van der Waals surface area (Å²) in [4.78, 5) is 15.3. The third-order valence-corrected chi connectivity index (χ3v) is 10.2. The predicted molar refractivity (Wildman–Crippen MR) is 205 cm³/mol. The standard InChI is InChI=1S/C45H29N3S/c1-3-13-30(14-4-1)31-25-27-32(28-26-31)36-19-7-8-20-37(36)34-17-11-18-35(29-34)44-46-43(33-15-5-2-6-16-33)47-45(48-44)40-23-12-22-39-38-21-9-10-24-41(38)49-42(39)40/h1-29H. The second-order valence-corrected chi connectivity index (χ2v) is 13.1. The van der Waals surface area contributed by atoms with Crippen molar-refractivity contribution in [3.05, 3.63) is 176 Å². The molecule has 9 aromatic rings. The Morgan fingerprint density at radius 1 is 0.306 bits per heavy atom. The van der Waals surface area contributed by atoms with Crippen molar-refractivity contribution in [3.8, 4) is 67.5 Å². The molecule has 0 aliphatic rings. The Bertz CT molecular complexity index is 2590. The molecule has 0 N–H and O–H groups in total. The maximum absolute atomic E-state index is 5.16. The SMILES string of the molecule is c1ccc(-c2ccc(-c3ccccc3-c3cccc(-c4nc(-c5ccccc5)nc(-c5cccc6c5sc5ccccc56)n4)c3)cc2)cc1. The molecule has 0 saturated carbocycles. The van der Waals surface area contributed by atoms with Gasteiger partial charge in [-0.15, -0.1) is 11.3 Å². The van der Waals surface area contributed by atoms with Crippen molar-refractivity contribution in [2.45, 2.75) is 0 Å². The average Bonchev–Trinajstić information content (AvgIpc) is 3.58. The summed E-state index contributed by atoms with van der Waals surface area (Å²) in [5.41, 5.74) is 9.94. The van der Waals surface area contributed by atoms with Gasteiger partial charge in [0.25, 0.3) is 0 Å². The number of fused-ring (bicyclic) bond motifs is 3. The minimum absolute atomic E-state index is 0.647. The van der Waals surface area contributed by atoms with E-state index in [1.807, 2.05) is 24.3 Å². The fourth-order valence-corrected chi connectivity index (χ4v) is 7.76. The third-order valence-electron chi connectivity index (χ3n) is 8.97. The van der Waals surface area contributed by atoms with Crippen LogP contribution in [-0.2, 0) is 0 Å². The highest BCUT2D eigenvalue weighted by molar-refractivity contribution is 7.26. The second-order valence-electron chi connectivity index (χ2n) is 12.0. The van der Waals surface area contributed by atoms with Crippen molar-refractivity contribution >= 4 is 31.5 Å². The van der Waals surface area contributed by atoms with Gasteiger partial charge in [0.2, 0.25) is 0 Å². The Morgan fingerprint density at radius 3 is 1.57 bits per heavy atom. The van der Waals surface area contributed by atoms with Gasteiger partial charge in [-0.1, -0.05) is 158 Å². The van der Waals surface area contributed by atoms with Crippen molar-refractivity contribution in [1.82, 2.24) is 15.0 Å². The highest BCUT2D eigenvalue weighted by Gasteiger charge is 2.17. The molecule has 2 aromatic heterocycles. The molecule has 0 saturated heterocycles. The van der Waals surface area contributed by atoms with Crippen LogP contribution in [0.3, 0.4) is 0 Å². The zero-order valence-corrected chi connectivity index (χ0v) is 27.3. The normalized spacial score (nSPS) is 11.3. The van der Waals surface area contributed by atoms with Crippen LogP contribution in [-0.4, -0.2) is 15.0 Å². The van der Waals surface area contributed by atoms with E-state index in [9.17, 15) is 0 Å². The minimum Gasteiger partial charge on any atom is -0.208 e. The molecule has 0 aliphatic heterocycles. The molecule has 2 heterocycles. The Morgan fingerprint density at radius 2 is 0.796 bits per heavy atom. The molecule has 0 atom stereocenters. The first-order valence-electron chi connectivity index (χ1n) is 16.4. The Kier molecular flexibility index (Phi) is 7.34. The van der Waals surface area contributed by atoms with E-state index in [0.717, 1.165) is 27.8 Å². The summed E-state index contributed by atoms with van der Waals surface area (Å²) >= 11 is 1.78. The number of thiophene rings is 1. The van der Waals surface area contributed by atoms with E-state index >= 15 is 0 Å². The molecule has 49 heavy (non-hydrogen) atoms. The van der Waals surface area contributed by atoms with Crippen molar-refractivity contribution in [3.63, 3.8) is 0 Å². The molecule has 4 heteroatoms. The number of hydrogen-bond donors (Lipinski definition) is 0. The Labute approximate surface area is 288 Å². The molecule has 0 unspecified atom stereocenters. The smallest absolute Gasteiger partial charge is 0.165 e. The quantitative estimate of drug-likeness (QED) is 0.181. The minimum atomic E-state index is 0.647. The fraction of sp³-hybridized carbons (Fsp3) is 0. The molecule has 230 valence electrons. The molecular weight excluding hydrogens is 615 g/mol. The average molecular weight is 644 g/mol. The molecule has 9 rings (SSSR count). The molecular formula is C45H29N3S. The van der Waals surface area contributed by atoms with Crippen LogP contribution >= 0.6 is 11.3 Å². The van der Waals surface area contributed by atoms with Gasteiger partial charge in [0.15, 0.2) is 17.5 Å². The monoisotopic (exact) mass is 643 g/mol. The topological polar surface area (TPSA) is 38.7 Å². The highest BCUT2D eigenvalue weighted by Crippen LogP contribution is 2.40. The second kappa shape index (κ2) is 12.4. The van der Waals surface area contributed by atoms with Gasteiger partial charge in [0.1, 0.15) is 0 Å². The van der Waals surface area contributed by atoms with Gasteiger partial charge in [0, 0.05) is 36.9 Å². The third kappa shape index (κ3) is 5.48. The van der Waals surface area contributed by atoms with Gasteiger partial charge in [0.05, 0.1) is 0 Å². The number of benzene rings is 7. The van der Waals surface area contributed by atoms with E-state index in [4.69, 9.17) is 15.0 Å². The van der Waals surface area contributed by atoms with Crippen molar-refractivity contribution < 1.29 is 0 Å². The van der Waals surface area contributed by atoms with Crippen LogP contribution in [0.25, 0.3) is 87.7 Å². The zero-order valence-electron chi connectivity index (χ0n) is 26.5. The number of aromatic nitrogens is 3. The van der Waals surface area contributed by atoms with Crippen molar-refractivity contribution in [1.29, 1.82) is 0 Å². The fourth-order valence-electron chi connectivity index (χ4n) is 6.55. The summed E-state index contributed by atoms with van der Waals surface area (Å²) in [6.45, 7) is 0. The largest absolute Gasteiger partial charge is 0.208 e. The van der Waals surface area contributed by atoms with Gasteiger partial charge >= 0.3 is 0 Å². The summed E-state index contributed by atoms with van der Waals surface area (Å²) in [5.74, 6) is 1.97. The summed E-state index contributed by atoms with van der Waals surface area (Å²) in [7, 11) is 0. The Hall–Kier alpha value is -6.23. The molecule has 0 fully saturated rings. The van der Waals surface area contributed by atoms with E-state index in [1.54, 1.807) is 11.3 Å². The van der Waals surface area contributed by atoms with Gasteiger partial charge in [-0.2, -0.15) is 0 Å². The first-order valence-corrected chi connectivity index (χ1v) is 17.2. The zero-order chi connectivity index (χ0) is 32.6. The van der Waals surface area contributed by atoms with Gasteiger partial charge in [-0.05, 0) is 51.6 Å². The number of hydrogen-bond acceptors (Lipinski definition) is 4. The summed E-state index contributed by atoms with van der Waals surface area (Å²) in [5, 5.41) is 2.47. The van der Waals surface area contributed by atoms with E-state index in [2.05, 4.69) is 152 Å². The molecule has 0 bridgehead atoms. The van der Waals surface area contributed by atoms with Crippen LogP contribution in [0.15, 0.2) is 176 Å². The molecule has 0 amide bonds. The molecule has 0 radical (unpaired) electrons. The van der Waals surface area contributed by atoms with Crippen LogP contribution in [0.5, 0.6) is 0 Å². The van der Waals surface area contributed by atoms with E-state index in [-0.39, 0.29) is 0 Å². The lowest BCUT2D eigenvalue weighted by molar-refractivity contribution is 1.08. The van der Waals surface area contributed by atoms with E-state index in [0.29, 0.717) is 17.5 Å². The van der Waals surface area contributed by atoms with Crippen LogP contribution < -0.4 is 0 Å². The van der Waals surface area contributed by atoms with E-state index < -0.39 is 0 Å². The Balaban J connectivity index is 1.16. The lowest BCUT2D eigenvalue weighted by Gasteiger charge is -2.13. The highest BCUT2D eigenvalue weighted by atomic mass is 32.1. The summed E-state index contributed by atoms with van der Waals surface area (Å²) in [6, 6.07) is 61.6. The molecule has 7 aromatic carbocycles. The van der Waals surface area contributed by atoms with Crippen LogP contribution in [0.1, 0.15) is 0 Å². The molecule has 0 aliphatic carbocycles. The van der Waals surface area contributed by atoms with E-state index in [1.165, 1.54) is 42.4 Å². The lowest BCUT2D eigenvalue weighted by Crippen LogP contribution is -2.00. The van der Waals surface area contributed by atoms with Crippen LogP contribution in [0.2, 0.25) is 0 Å². The van der Waals surface area contributed by atoms with Gasteiger partial charge < -0.3 is 0 Å². The predicted octanol–water partition coefficient (Wildman–Crippen LogP) is 12.2. The summed E-state index contributed by atoms with van der Waals surface area (Å²) < 4.78 is 2.43. The first-order chi connectivity index (χ1) is 24.3. The number of rotatable bonds is 6.